The molecule has 1 aromatic carbocycles. The van der Waals surface area contributed by atoms with Gasteiger partial charge in [-0.1, -0.05) is 12.1 Å². The number of thiophene rings is 1. The highest BCUT2D eigenvalue weighted by atomic mass is 32.1. The molecule has 7 nitrogen and oxygen atoms in total. The van der Waals surface area contributed by atoms with Crippen molar-refractivity contribution in [3.05, 3.63) is 50.4 Å². The van der Waals surface area contributed by atoms with Gasteiger partial charge in [0, 0.05) is 4.88 Å². The Labute approximate surface area is 170 Å². The Kier molecular flexibility index (Phi) is 5.35. The summed E-state index contributed by atoms with van der Waals surface area (Å²) in [6.07, 6.45) is 7.81. The summed E-state index contributed by atoms with van der Waals surface area (Å²) < 4.78 is 10.5. The Morgan fingerprint density at radius 2 is 2.10 bits per heavy atom. The smallest absolute Gasteiger partial charge is 0.341 e. The fourth-order valence-corrected chi connectivity index (χ4v) is 4.75. The highest BCUT2D eigenvalue weighted by Crippen LogP contribution is 2.33. The molecule has 0 amide bonds. The number of carbonyl (C=O) groups is 1. The van der Waals surface area contributed by atoms with Gasteiger partial charge in [0.15, 0.2) is 18.1 Å². The molecule has 0 atom stereocenters. The number of methoxy groups -OCH3 is 1. The molecular weight excluding hydrogens is 392 g/mol. The van der Waals surface area contributed by atoms with Crippen LogP contribution in [-0.2, 0) is 17.6 Å². The summed E-state index contributed by atoms with van der Waals surface area (Å²) in [5.74, 6) is 0.211. The minimum atomic E-state index is -1.06. The number of aromatic nitrogens is 2. The van der Waals surface area contributed by atoms with Gasteiger partial charge in [0.25, 0.3) is 5.56 Å². The topological polar surface area (TPSA) is 102 Å². The first-order valence-corrected chi connectivity index (χ1v) is 10.1. The number of aromatic amines is 1. The van der Waals surface area contributed by atoms with Crippen molar-refractivity contribution >= 4 is 39.7 Å². The highest BCUT2D eigenvalue weighted by molar-refractivity contribution is 7.18. The molecule has 0 fully saturated rings. The van der Waals surface area contributed by atoms with Gasteiger partial charge in [-0.15, -0.1) is 11.3 Å². The van der Waals surface area contributed by atoms with E-state index in [1.165, 1.54) is 24.0 Å². The van der Waals surface area contributed by atoms with Gasteiger partial charge in [-0.25, -0.2) is 9.78 Å². The van der Waals surface area contributed by atoms with Crippen molar-refractivity contribution in [2.75, 3.05) is 13.7 Å². The molecule has 4 rings (SSSR count). The lowest BCUT2D eigenvalue weighted by atomic mass is 9.97. The third-order valence-corrected chi connectivity index (χ3v) is 6.00. The van der Waals surface area contributed by atoms with Crippen LogP contribution >= 0.6 is 11.3 Å². The summed E-state index contributed by atoms with van der Waals surface area (Å²) in [5.41, 5.74) is 1.88. The van der Waals surface area contributed by atoms with Crippen LogP contribution < -0.4 is 15.0 Å². The van der Waals surface area contributed by atoms with E-state index >= 15 is 0 Å². The van der Waals surface area contributed by atoms with Crippen molar-refractivity contribution in [1.29, 1.82) is 0 Å². The van der Waals surface area contributed by atoms with Crippen molar-refractivity contribution < 1.29 is 19.4 Å². The maximum absolute atomic E-state index is 12.6. The summed E-state index contributed by atoms with van der Waals surface area (Å²) >= 11 is 1.62. The van der Waals surface area contributed by atoms with Gasteiger partial charge < -0.3 is 19.6 Å². The van der Waals surface area contributed by atoms with Gasteiger partial charge in [0.2, 0.25) is 0 Å². The Balaban J connectivity index is 1.61. The molecule has 2 heterocycles. The van der Waals surface area contributed by atoms with Gasteiger partial charge in [0.05, 0.1) is 12.5 Å². The second-order valence-electron chi connectivity index (χ2n) is 6.77. The molecule has 0 spiro atoms. The van der Waals surface area contributed by atoms with E-state index in [-0.39, 0.29) is 5.56 Å². The second-order valence-corrected chi connectivity index (χ2v) is 7.85. The van der Waals surface area contributed by atoms with Crippen LogP contribution in [0.3, 0.4) is 0 Å². The van der Waals surface area contributed by atoms with E-state index < -0.39 is 12.6 Å². The van der Waals surface area contributed by atoms with Crippen molar-refractivity contribution in [1.82, 2.24) is 9.97 Å². The number of carboxylic acids is 1. The fraction of sp³-hybridized carbons (Fsp3) is 0.286. The quantitative estimate of drug-likeness (QED) is 0.643. The molecule has 1 aliphatic rings. The number of hydrogen-bond acceptors (Lipinski definition) is 6. The van der Waals surface area contributed by atoms with E-state index in [1.54, 1.807) is 41.7 Å². The standard InChI is InChI=1S/C21H20N2O5S/c1-27-15-10-12(6-8-14(15)28-11-18(24)25)7-9-17-22-20(26)19-13-4-2-3-5-16(13)29-21(19)23-17/h6-10H,2-5,11H2,1H3,(H,24,25)(H,22,23,26). The van der Waals surface area contributed by atoms with Gasteiger partial charge >= 0.3 is 5.97 Å². The molecule has 0 aliphatic heterocycles. The molecule has 2 N–H and O–H groups in total. The number of aliphatic carboxylic acids is 1. The molecule has 1 aliphatic carbocycles. The van der Waals surface area contributed by atoms with Crippen LogP contribution in [0, 0.1) is 0 Å². The Morgan fingerprint density at radius 1 is 1.28 bits per heavy atom. The van der Waals surface area contributed by atoms with E-state index in [2.05, 4.69) is 9.97 Å². The van der Waals surface area contributed by atoms with Crippen LogP contribution in [0.2, 0.25) is 0 Å². The van der Waals surface area contributed by atoms with Gasteiger partial charge in [0.1, 0.15) is 10.7 Å². The highest BCUT2D eigenvalue weighted by Gasteiger charge is 2.19. The number of rotatable bonds is 6. The monoisotopic (exact) mass is 412 g/mol. The summed E-state index contributed by atoms with van der Waals surface area (Å²) in [5, 5.41) is 9.48. The van der Waals surface area contributed by atoms with Crippen molar-refractivity contribution in [3.63, 3.8) is 0 Å². The first kappa shape index (κ1) is 19.2. The lowest BCUT2D eigenvalue weighted by Crippen LogP contribution is -2.11. The number of benzene rings is 1. The third kappa shape index (κ3) is 4.02. The van der Waals surface area contributed by atoms with Gasteiger partial charge in [-0.2, -0.15) is 0 Å². The number of ether oxygens (including phenoxy) is 2. The number of fused-ring (bicyclic) bond motifs is 3. The predicted octanol–water partition coefficient (Wildman–Crippen LogP) is 3.51. The van der Waals surface area contributed by atoms with E-state index in [4.69, 9.17) is 14.6 Å². The maximum atomic E-state index is 12.6. The predicted molar refractivity (Wildman–Crippen MR) is 112 cm³/mol. The Bertz CT molecular complexity index is 1160. The molecule has 0 saturated heterocycles. The molecule has 2 aromatic heterocycles. The first-order valence-electron chi connectivity index (χ1n) is 9.30. The number of hydrogen-bond donors (Lipinski definition) is 2. The van der Waals surface area contributed by atoms with Crippen LogP contribution in [0.1, 0.15) is 34.7 Å². The SMILES string of the molecule is COc1cc(C=Cc2nc3sc4c(c3c(=O)[nH]2)CCCC4)ccc1OCC(=O)O. The number of H-pyrrole nitrogens is 1. The normalized spacial score (nSPS) is 13.6. The molecule has 29 heavy (non-hydrogen) atoms. The zero-order chi connectivity index (χ0) is 20.4. The molecule has 0 bridgehead atoms. The summed E-state index contributed by atoms with van der Waals surface area (Å²) in [6.45, 7) is -0.443. The van der Waals surface area contributed by atoms with Crippen molar-refractivity contribution in [3.8, 4) is 11.5 Å². The number of nitrogens with one attached hydrogen (secondary N) is 1. The summed E-state index contributed by atoms with van der Waals surface area (Å²) in [4.78, 5) is 32.8. The number of nitrogens with zero attached hydrogens (tertiary/aromatic N) is 1. The van der Waals surface area contributed by atoms with Crippen LogP contribution in [0.25, 0.3) is 22.4 Å². The lowest BCUT2D eigenvalue weighted by molar-refractivity contribution is -0.139. The molecule has 0 radical (unpaired) electrons. The van der Waals surface area contributed by atoms with Crippen LogP contribution in [0.5, 0.6) is 11.5 Å². The zero-order valence-electron chi connectivity index (χ0n) is 15.9. The maximum Gasteiger partial charge on any atom is 0.341 e. The number of carboxylic acid groups (broad SMARTS) is 1. The Hall–Kier alpha value is -3.13. The van der Waals surface area contributed by atoms with Crippen molar-refractivity contribution in [2.24, 2.45) is 0 Å². The van der Waals surface area contributed by atoms with Gasteiger partial charge in [-0.05, 0) is 55.0 Å². The van der Waals surface area contributed by atoms with Crippen LogP contribution in [0.4, 0.5) is 0 Å². The average Bonchev–Trinajstić information content (AvgIpc) is 3.09. The van der Waals surface area contributed by atoms with Crippen LogP contribution in [-0.4, -0.2) is 34.8 Å². The summed E-state index contributed by atoms with van der Waals surface area (Å²) in [7, 11) is 1.49. The molecule has 0 unspecified atom stereocenters. The van der Waals surface area contributed by atoms with E-state index in [0.29, 0.717) is 17.3 Å². The van der Waals surface area contributed by atoms with E-state index in [0.717, 1.165) is 35.0 Å². The fourth-order valence-electron chi connectivity index (χ4n) is 3.48. The van der Waals surface area contributed by atoms with Crippen LogP contribution in [0.15, 0.2) is 23.0 Å². The molecule has 8 heteroatoms. The molecule has 150 valence electrons. The first-order chi connectivity index (χ1) is 14.0. The van der Waals surface area contributed by atoms with E-state index in [1.807, 2.05) is 0 Å². The number of aryl methyl sites for hydroxylation is 2. The average molecular weight is 412 g/mol. The minimum absolute atomic E-state index is 0.0935. The molecule has 3 aromatic rings. The van der Waals surface area contributed by atoms with E-state index in [9.17, 15) is 9.59 Å². The largest absolute Gasteiger partial charge is 0.493 e. The third-order valence-electron chi connectivity index (χ3n) is 4.82. The van der Waals surface area contributed by atoms with Crippen molar-refractivity contribution in [2.45, 2.75) is 25.7 Å². The Morgan fingerprint density at radius 3 is 2.90 bits per heavy atom. The molecule has 0 saturated carbocycles. The minimum Gasteiger partial charge on any atom is -0.493 e. The second kappa shape index (κ2) is 8.08. The zero-order valence-corrected chi connectivity index (χ0v) is 16.7. The lowest BCUT2D eigenvalue weighted by Gasteiger charge is -2.09. The molecular formula is C21H20N2O5S. The van der Waals surface area contributed by atoms with Gasteiger partial charge in [-0.3, -0.25) is 4.79 Å². The summed E-state index contributed by atoms with van der Waals surface area (Å²) in [6, 6.07) is 5.15.